The third-order valence-electron chi connectivity index (χ3n) is 11.7. The van der Waals surface area contributed by atoms with Gasteiger partial charge in [-0.3, -0.25) is 0 Å². The van der Waals surface area contributed by atoms with Gasteiger partial charge in [0.05, 0.1) is 0 Å². The largest absolute Gasteiger partial charge is 0.208 e. The lowest BCUT2D eigenvalue weighted by Crippen LogP contribution is -2.55. The van der Waals surface area contributed by atoms with Gasteiger partial charge in [-0.1, -0.05) is 120 Å². The van der Waals surface area contributed by atoms with Gasteiger partial charge in [-0.2, -0.15) is 0 Å². The van der Waals surface area contributed by atoms with Crippen molar-refractivity contribution in [1.29, 1.82) is 0 Å². The molecule has 54 heavy (non-hydrogen) atoms. The molecule has 0 aliphatic heterocycles. The van der Waals surface area contributed by atoms with Gasteiger partial charge in [-0.05, 0) is 67.7 Å². The van der Waals surface area contributed by atoms with E-state index in [1.807, 2.05) is 29.5 Å². The van der Waals surface area contributed by atoms with Gasteiger partial charge >= 0.3 is 0 Å². The van der Waals surface area contributed by atoms with Crippen LogP contribution >= 0.6 is 11.3 Å². The monoisotopic (exact) mass is 701 g/mol. The zero-order valence-electron chi connectivity index (χ0n) is 31.0. The van der Waals surface area contributed by atoms with Crippen LogP contribution in [0, 0.1) is 0 Å². The molecule has 0 fully saturated rings. The van der Waals surface area contributed by atoms with Crippen molar-refractivity contribution >= 4 is 130 Å². The SMILES string of the molecule is Bc1c(B)c(B)c(-c2nc(-c3ccccc3)nc(-c3cccc4sc5ccc(-c6ccc7c8ccccc8c8ccccc8c7c6)cc5c34)n2)c(B)c1B. The van der Waals surface area contributed by atoms with Gasteiger partial charge in [0.1, 0.15) is 39.2 Å². The molecule has 3 nitrogen and oxygen atoms in total. The number of nitrogens with zero attached hydrogens (tertiary/aromatic N) is 3. The van der Waals surface area contributed by atoms with Gasteiger partial charge in [0.15, 0.2) is 17.5 Å². The Balaban J connectivity index is 1.20. The highest BCUT2D eigenvalue weighted by Gasteiger charge is 2.21. The van der Waals surface area contributed by atoms with Crippen LogP contribution in [0.4, 0.5) is 0 Å². The van der Waals surface area contributed by atoms with E-state index >= 15 is 0 Å². The highest BCUT2D eigenvalue weighted by Crippen LogP contribution is 2.42. The normalized spacial score (nSPS) is 11.7. The van der Waals surface area contributed by atoms with Crippen molar-refractivity contribution < 1.29 is 0 Å². The Morgan fingerprint density at radius 2 is 0.870 bits per heavy atom. The lowest BCUT2D eigenvalue weighted by atomic mass is 9.60. The fraction of sp³-hybridized carbons (Fsp3) is 0. The summed E-state index contributed by atoms with van der Waals surface area (Å²) in [4.78, 5) is 15.7. The Bertz CT molecular complexity index is 3120. The molecule has 8 aromatic carbocycles. The van der Waals surface area contributed by atoms with Crippen LogP contribution < -0.4 is 27.3 Å². The fourth-order valence-corrected chi connectivity index (χ4v) is 9.55. The average molecular weight is 701 g/mol. The Labute approximate surface area is 322 Å². The number of benzene rings is 8. The molecule has 2 aromatic heterocycles. The van der Waals surface area contributed by atoms with E-state index in [4.69, 9.17) is 15.0 Å². The first-order valence-electron chi connectivity index (χ1n) is 18.5. The standard InChI is InChI=1S/C45H32B5N3S/c46-38-37(39(47)41(49)42(50)40(38)48)45-52-43(23-9-2-1-3-10-23)51-44(53-45)31-15-8-16-35-36(31)33-22-25(18-20-34(33)54-35)24-17-19-30-28-13-5-4-11-26(28)27-12-6-7-14-29(27)32(30)21-24/h1-22H,46-50H2. The van der Waals surface area contributed by atoms with Gasteiger partial charge < -0.3 is 0 Å². The van der Waals surface area contributed by atoms with E-state index in [1.165, 1.54) is 90.9 Å². The fourth-order valence-electron chi connectivity index (χ4n) is 8.44. The van der Waals surface area contributed by atoms with E-state index in [9.17, 15) is 0 Å². The predicted molar refractivity (Wildman–Crippen MR) is 248 cm³/mol. The molecule has 248 valence electrons. The second-order valence-electron chi connectivity index (χ2n) is 14.5. The lowest BCUT2D eigenvalue weighted by Gasteiger charge is -2.20. The van der Waals surface area contributed by atoms with Crippen LogP contribution in [0.25, 0.3) is 97.8 Å². The molecule has 10 rings (SSSR count). The van der Waals surface area contributed by atoms with E-state index in [0.717, 1.165) is 16.7 Å². The number of fused-ring (bicyclic) bond motifs is 9. The van der Waals surface area contributed by atoms with E-state index in [0.29, 0.717) is 17.5 Å². The maximum absolute atomic E-state index is 5.32. The number of hydrogen-bond donors (Lipinski definition) is 0. The molecule has 0 spiro atoms. The quantitative estimate of drug-likeness (QED) is 0.208. The molecule has 0 radical (unpaired) electrons. The molecular formula is C45H32B5N3S. The first kappa shape index (κ1) is 32.7. The summed E-state index contributed by atoms with van der Waals surface area (Å²) in [5, 5.41) is 10.1. The van der Waals surface area contributed by atoms with Crippen molar-refractivity contribution in [3.63, 3.8) is 0 Å². The summed E-state index contributed by atoms with van der Waals surface area (Å²) in [6.07, 6.45) is 0. The maximum Gasteiger partial charge on any atom is 0.164 e. The Kier molecular flexibility index (Phi) is 7.64. The molecule has 10 aromatic rings. The van der Waals surface area contributed by atoms with Gasteiger partial charge in [-0.15, -0.1) is 27.7 Å². The van der Waals surface area contributed by atoms with Crippen LogP contribution in [0.15, 0.2) is 133 Å². The average Bonchev–Trinajstić information content (AvgIpc) is 3.61. The van der Waals surface area contributed by atoms with Crippen molar-refractivity contribution in [2.75, 3.05) is 0 Å². The second-order valence-corrected chi connectivity index (χ2v) is 15.6. The summed E-state index contributed by atoms with van der Waals surface area (Å²) in [5.41, 5.74) is 11.8. The minimum Gasteiger partial charge on any atom is -0.208 e. The minimum atomic E-state index is 0.679. The van der Waals surface area contributed by atoms with Crippen LogP contribution in [-0.4, -0.2) is 54.2 Å². The van der Waals surface area contributed by atoms with Crippen LogP contribution in [0.3, 0.4) is 0 Å². The number of aromatic nitrogens is 3. The summed E-state index contributed by atoms with van der Waals surface area (Å²) >= 11 is 1.82. The summed E-state index contributed by atoms with van der Waals surface area (Å²) < 4.78 is 2.46. The smallest absolute Gasteiger partial charge is 0.164 e. The van der Waals surface area contributed by atoms with Crippen LogP contribution in [0.1, 0.15) is 0 Å². The molecule has 0 saturated carbocycles. The zero-order valence-corrected chi connectivity index (χ0v) is 31.8. The molecule has 0 aliphatic carbocycles. The van der Waals surface area contributed by atoms with Crippen LogP contribution in [-0.2, 0) is 0 Å². The van der Waals surface area contributed by atoms with E-state index in [-0.39, 0.29) is 0 Å². The van der Waals surface area contributed by atoms with E-state index < -0.39 is 0 Å². The molecule has 0 bridgehead atoms. The Morgan fingerprint density at radius 3 is 1.54 bits per heavy atom. The van der Waals surface area contributed by atoms with E-state index in [2.05, 4.69) is 154 Å². The summed E-state index contributed by atoms with van der Waals surface area (Å²) in [6.45, 7) is 0. The van der Waals surface area contributed by atoms with Gasteiger partial charge in [0, 0.05) is 36.9 Å². The number of hydrogen-bond acceptors (Lipinski definition) is 4. The Morgan fingerprint density at radius 1 is 0.352 bits per heavy atom. The van der Waals surface area contributed by atoms with Crippen LogP contribution in [0.5, 0.6) is 0 Å². The highest BCUT2D eigenvalue weighted by molar-refractivity contribution is 7.26. The van der Waals surface area contributed by atoms with Crippen molar-refractivity contribution in [1.82, 2.24) is 15.0 Å². The van der Waals surface area contributed by atoms with E-state index in [1.54, 1.807) is 0 Å². The first-order chi connectivity index (χ1) is 26.4. The predicted octanol–water partition coefficient (Wildman–Crippen LogP) is 3.66. The zero-order chi connectivity index (χ0) is 36.7. The van der Waals surface area contributed by atoms with Gasteiger partial charge in [-0.25, -0.2) is 15.0 Å². The molecule has 0 amide bonds. The Hall–Kier alpha value is -5.91. The van der Waals surface area contributed by atoms with Crippen molar-refractivity contribution in [3.05, 3.63) is 133 Å². The summed E-state index contributed by atoms with van der Waals surface area (Å²) in [6, 6.07) is 48.2. The van der Waals surface area contributed by atoms with Crippen molar-refractivity contribution in [3.8, 4) is 45.3 Å². The third-order valence-corrected chi connectivity index (χ3v) is 12.8. The summed E-state index contributed by atoms with van der Waals surface area (Å²) in [7, 11) is 11.0. The lowest BCUT2D eigenvalue weighted by molar-refractivity contribution is 1.08. The minimum absolute atomic E-state index is 0.679. The number of thiophene rings is 1. The van der Waals surface area contributed by atoms with Gasteiger partial charge in [0.25, 0.3) is 0 Å². The topological polar surface area (TPSA) is 38.7 Å². The molecule has 0 unspecified atom stereocenters. The highest BCUT2D eigenvalue weighted by atomic mass is 32.1. The van der Waals surface area contributed by atoms with Gasteiger partial charge in [0.2, 0.25) is 0 Å². The molecule has 0 atom stereocenters. The van der Waals surface area contributed by atoms with Crippen molar-refractivity contribution in [2.45, 2.75) is 0 Å². The molecule has 9 heteroatoms. The third kappa shape index (κ3) is 5.06. The maximum atomic E-state index is 5.32. The number of rotatable bonds is 4. The molecule has 0 saturated heterocycles. The second kappa shape index (κ2) is 12.6. The molecule has 0 aliphatic rings. The van der Waals surface area contributed by atoms with Crippen LogP contribution in [0.2, 0.25) is 0 Å². The summed E-state index contributed by atoms with van der Waals surface area (Å²) in [5.74, 6) is 2.08. The molecule has 0 N–H and O–H groups in total. The first-order valence-corrected chi connectivity index (χ1v) is 19.4. The molecular weight excluding hydrogens is 669 g/mol. The van der Waals surface area contributed by atoms with Crippen molar-refractivity contribution in [2.24, 2.45) is 0 Å². The molecule has 2 heterocycles.